The molecule has 0 aliphatic carbocycles. The predicted molar refractivity (Wildman–Crippen MR) is 103 cm³/mol. The number of anilines is 3. The van der Waals surface area contributed by atoms with E-state index in [1.165, 1.54) is 0 Å². The van der Waals surface area contributed by atoms with E-state index in [9.17, 15) is 4.79 Å². The number of halogens is 2. The van der Waals surface area contributed by atoms with E-state index in [2.05, 4.69) is 15.6 Å². The molecule has 25 heavy (non-hydrogen) atoms. The van der Waals surface area contributed by atoms with Crippen LogP contribution in [-0.4, -0.2) is 10.9 Å². The van der Waals surface area contributed by atoms with E-state index in [0.717, 1.165) is 16.9 Å². The van der Waals surface area contributed by atoms with Crippen molar-refractivity contribution >= 4 is 46.3 Å². The maximum atomic E-state index is 12.0. The maximum absolute atomic E-state index is 12.0. The van der Waals surface area contributed by atoms with Crippen molar-refractivity contribution in [1.82, 2.24) is 4.98 Å². The monoisotopic (exact) mass is 371 g/mol. The molecule has 4 nitrogen and oxygen atoms in total. The van der Waals surface area contributed by atoms with Gasteiger partial charge in [-0.15, -0.1) is 0 Å². The number of aromatic nitrogens is 1. The molecule has 0 fully saturated rings. The molecule has 126 valence electrons. The molecule has 0 saturated heterocycles. The second-order valence-electron chi connectivity index (χ2n) is 5.43. The fourth-order valence-corrected chi connectivity index (χ4v) is 2.83. The summed E-state index contributed by atoms with van der Waals surface area (Å²) in [4.78, 5) is 16.3. The van der Waals surface area contributed by atoms with Crippen LogP contribution in [0.1, 0.15) is 5.56 Å². The number of carbonyl (C=O) groups excluding carboxylic acids is 1. The molecule has 6 heteroatoms. The van der Waals surface area contributed by atoms with Gasteiger partial charge in [-0.3, -0.25) is 4.79 Å². The third kappa shape index (κ3) is 5.21. The number of hydrogen-bond acceptors (Lipinski definition) is 3. The minimum atomic E-state index is -0.110. The fraction of sp³-hybridized carbons (Fsp3) is 0.0526. The van der Waals surface area contributed by atoms with Gasteiger partial charge in [-0.1, -0.05) is 53.5 Å². The molecule has 1 heterocycles. The number of pyridine rings is 1. The van der Waals surface area contributed by atoms with Crippen LogP contribution >= 0.6 is 23.2 Å². The van der Waals surface area contributed by atoms with Crippen molar-refractivity contribution in [1.29, 1.82) is 0 Å². The van der Waals surface area contributed by atoms with Crippen LogP contribution in [0, 0.1) is 0 Å². The summed E-state index contributed by atoms with van der Waals surface area (Å²) in [5, 5.41) is 7.04. The fourth-order valence-electron chi connectivity index (χ4n) is 2.30. The molecule has 0 aliphatic rings. The second-order valence-corrected chi connectivity index (χ2v) is 6.30. The Morgan fingerprint density at radius 2 is 1.64 bits per heavy atom. The van der Waals surface area contributed by atoms with E-state index in [0.29, 0.717) is 22.3 Å². The van der Waals surface area contributed by atoms with Gasteiger partial charge >= 0.3 is 0 Å². The number of amides is 1. The molecular weight excluding hydrogens is 357 g/mol. The standard InChI is InChI=1S/C19H15Cl2N3O/c20-14-9-15(21)11-17(10-14)23-16-6-7-18(22-12-16)24-19(25)8-13-4-2-1-3-5-13/h1-7,9-12,23H,8H2,(H,22,24,25). The van der Waals surface area contributed by atoms with Gasteiger partial charge in [0.05, 0.1) is 18.3 Å². The van der Waals surface area contributed by atoms with Crippen molar-refractivity contribution in [2.45, 2.75) is 6.42 Å². The molecule has 1 aromatic heterocycles. The van der Waals surface area contributed by atoms with E-state index in [1.54, 1.807) is 30.5 Å². The van der Waals surface area contributed by atoms with Crippen molar-refractivity contribution < 1.29 is 4.79 Å². The van der Waals surface area contributed by atoms with Crippen LogP contribution in [0.15, 0.2) is 66.9 Å². The predicted octanol–water partition coefficient (Wildman–Crippen LogP) is 5.31. The Morgan fingerprint density at radius 1 is 0.920 bits per heavy atom. The van der Waals surface area contributed by atoms with Gasteiger partial charge in [0.15, 0.2) is 0 Å². The van der Waals surface area contributed by atoms with Gasteiger partial charge in [-0.25, -0.2) is 4.98 Å². The zero-order valence-corrected chi connectivity index (χ0v) is 14.7. The molecule has 0 unspecified atom stereocenters. The smallest absolute Gasteiger partial charge is 0.229 e. The highest BCUT2D eigenvalue weighted by Crippen LogP contribution is 2.25. The lowest BCUT2D eigenvalue weighted by atomic mass is 10.1. The van der Waals surface area contributed by atoms with Crippen LogP contribution in [0.3, 0.4) is 0 Å². The third-order valence-electron chi connectivity index (χ3n) is 3.39. The number of nitrogens with one attached hydrogen (secondary N) is 2. The Kier molecular flexibility index (Phi) is 5.53. The molecule has 0 aliphatic heterocycles. The van der Waals surface area contributed by atoms with Crippen molar-refractivity contribution in [3.05, 3.63) is 82.5 Å². The first-order valence-corrected chi connectivity index (χ1v) is 8.37. The average molecular weight is 372 g/mol. The Labute approximate surface area is 155 Å². The minimum absolute atomic E-state index is 0.110. The van der Waals surface area contributed by atoms with Crippen molar-refractivity contribution in [3.8, 4) is 0 Å². The van der Waals surface area contributed by atoms with E-state index < -0.39 is 0 Å². The molecule has 3 rings (SSSR count). The van der Waals surface area contributed by atoms with Crippen molar-refractivity contribution in [2.24, 2.45) is 0 Å². The molecular formula is C19H15Cl2N3O. The quantitative estimate of drug-likeness (QED) is 0.638. The Balaban J connectivity index is 1.61. The highest BCUT2D eigenvalue weighted by atomic mass is 35.5. The maximum Gasteiger partial charge on any atom is 0.229 e. The van der Waals surface area contributed by atoms with E-state index in [1.807, 2.05) is 36.4 Å². The summed E-state index contributed by atoms with van der Waals surface area (Å²) < 4.78 is 0. The topological polar surface area (TPSA) is 54.0 Å². The van der Waals surface area contributed by atoms with Crippen molar-refractivity contribution in [2.75, 3.05) is 10.6 Å². The summed E-state index contributed by atoms with van der Waals surface area (Å²) in [5.41, 5.74) is 2.48. The summed E-state index contributed by atoms with van der Waals surface area (Å²) in [6.45, 7) is 0. The number of carbonyl (C=O) groups is 1. The summed E-state index contributed by atoms with van der Waals surface area (Å²) >= 11 is 12.0. The average Bonchev–Trinajstić information content (AvgIpc) is 2.56. The molecule has 2 N–H and O–H groups in total. The van der Waals surface area contributed by atoms with Crippen LogP contribution in [-0.2, 0) is 11.2 Å². The first-order valence-electron chi connectivity index (χ1n) is 7.61. The summed E-state index contributed by atoms with van der Waals surface area (Å²) in [6, 6.07) is 18.3. The number of benzene rings is 2. The number of rotatable bonds is 5. The molecule has 0 atom stereocenters. The summed E-state index contributed by atoms with van der Waals surface area (Å²) in [7, 11) is 0. The van der Waals surface area contributed by atoms with Gasteiger partial charge in [0.1, 0.15) is 5.82 Å². The molecule has 2 aromatic carbocycles. The first-order chi connectivity index (χ1) is 12.1. The number of hydrogen-bond donors (Lipinski definition) is 2. The lowest BCUT2D eigenvalue weighted by Crippen LogP contribution is -2.15. The zero-order valence-electron chi connectivity index (χ0n) is 13.2. The Hall–Kier alpha value is -2.56. The van der Waals surface area contributed by atoms with Gasteiger partial charge in [0.25, 0.3) is 0 Å². The highest BCUT2D eigenvalue weighted by Gasteiger charge is 2.05. The third-order valence-corrected chi connectivity index (χ3v) is 3.83. The zero-order chi connectivity index (χ0) is 17.6. The first kappa shape index (κ1) is 17.3. The number of nitrogens with zero attached hydrogens (tertiary/aromatic N) is 1. The summed E-state index contributed by atoms with van der Waals surface area (Å²) in [5.74, 6) is 0.386. The molecule has 1 amide bonds. The van der Waals surface area contributed by atoms with E-state index in [-0.39, 0.29) is 5.91 Å². The SMILES string of the molecule is O=C(Cc1ccccc1)Nc1ccc(Nc2cc(Cl)cc(Cl)c2)cn1. The van der Waals surface area contributed by atoms with Crippen LogP contribution in [0.5, 0.6) is 0 Å². The molecule has 3 aromatic rings. The van der Waals surface area contributed by atoms with Crippen molar-refractivity contribution in [3.63, 3.8) is 0 Å². The molecule has 0 spiro atoms. The molecule has 0 radical (unpaired) electrons. The molecule has 0 bridgehead atoms. The Morgan fingerprint density at radius 3 is 2.28 bits per heavy atom. The van der Waals surface area contributed by atoms with Gasteiger partial charge < -0.3 is 10.6 Å². The molecule has 0 saturated carbocycles. The van der Waals surface area contributed by atoms with Crippen LogP contribution < -0.4 is 10.6 Å². The Bertz CT molecular complexity index is 847. The van der Waals surface area contributed by atoms with Crippen LogP contribution in [0.4, 0.5) is 17.2 Å². The van der Waals surface area contributed by atoms with Crippen LogP contribution in [0.25, 0.3) is 0 Å². The van der Waals surface area contributed by atoms with Gasteiger partial charge in [-0.05, 0) is 35.9 Å². The van der Waals surface area contributed by atoms with Gasteiger partial charge in [0.2, 0.25) is 5.91 Å². The largest absolute Gasteiger partial charge is 0.354 e. The van der Waals surface area contributed by atoms with E-state index >= 15 is 0 Å². The normalized spacial score (nSPS) is 10.3. The highest BCUT2D eigenvalue weighted by molar-refractivity contribution is 6.35. The van der Waals surface area contributed by atoms with Gasteiger partial charge in [-0.2, -0.15) is 0 Å². The minimum Gasteiger partial charge on any atom is -0.354 e. The summed E-state index contributed by atoms with van der Waals surface area (Å²) in [6.07, 6.45) is 1.94. The van der Waals surface area contributed by atoms with E-state index in [4.69, 9.17) is 23.2 Å². The lowest BCUT2D eigenvalue weighted by molar-refractivity contribution is -0.115. The van der Waals surface area contributed by atoms with Gasteiger partial charge in [0, 0.05) is 15.7 Å². The second kappa shape index (κ2) is 8.01. The lowest BCUT2D eigenvalue weighted by Gasteiger charge is -2.09. The van der Waals surface area contributed by atoms with Crippen LogP contribution in [0.2, 0.25) is 10.0 Å².